The highest BCUT2D eigenvalue weighted by Gasteiger charge is 2.22. The zero-order valence-electron chi connectivity index (χ0n) is 10.7. The van der Waals surface area contributed by atoms with Crippen molar-refractivity contribution in [2.75, 3.05) is 18.4 Å². The number of nitrogens with two attached hydrogens (primary N) is 1. The predicted octanol–water partition coefficient (Wildman–Crippen LogP) is 1.00. The Hall–Kier alpha value is -2.02. The number of rotatable bonds is 3. The first-order chi connectivity index (χ1) is 9.49. The summed E-state index contributed by atoms with van der Waals surface area (Å²) in [4.78, 5) is 23.0. The van der Waals surface area contributed by atoms with Crippen LogP contribution in [0.3, 0.4) is 0 Å². The first kappa shape index (κ1) is 14.4. The number of carbonyl (C=O) groups excluding carboxylic acids is 2. The molecule has 1 unspecified atom stereocenters. The predicted molar refractivity (Wildman–Crippen MR) is 69.1 cm³/mol. The summed E-state index contributed by atoms with van der Waals surface area (Å²) < 4.78 is 26.9. The van der Waals surface area contributed by atoms with E-state index in [-0.39, 0.29) is 17.5 Å². The Morgan fingerprint density at radius 3 is 2.65 bits per heavy atom. The zero-order chi connectivity index (χ0) is 14.7. The smallest absolute Gasteiger partial charge is 0.251 e. The molecule has 1 heterocycles. The first-order valence-corrected chi connectivity index (χ1v) is 6.29. The Morgan fingerprint density at radius 1 is 1.30 bits per heavy atom. The van der Waals surface area contributed by atoms with Crippen molar-refractivity contribution in [3.63, 3.8) is 0 Å². The van der Waals surface area contributed by atoms with Crippen molar-refractivity contribution in [2.45, 2.75) is 12.8 Å². The Kier molecular flexibility index (Phi) is 4.29. The van der Waals surface area contributed by atoms with E-state index in [0.29, 0.717) is 19.0 Å². The molecule has 0 saturated carbocycles. The molecular formula is C13H15F2N3O2. The molecule has 4 N–H and O–H groups in total. The van der Waals surface area contributed by atoms with Gasteiger partial charge in [-0.3, -0.25) is 9.59 Å². The molecule has 0 aliphatic carbocycles. The highest BCUT2D eigenvalue weighted by Crippen LogP contribution is 2.21. The summed E-state index contributed by atoms with van der Waals surface area (Å²) in [5.41, 5.74) is 4.29. The fourth-order valence-electron chi connectivity index (χ4n) is 2.14. The van der Waals surface area contributed by atoms with Crippen LogP contribution >= 0.6 is 0 Å². The van der Waals surface area contributed by atoms with Gasteiger partial charge in [-0.1, -0.05) is 0 Å². The Labute approximate surface area is 114 Å². The van der Waals surface area contributed by atoms with Gasteiger partial charge in [-0.05, 0) is 25.5 Å². The SMILES string of the molecule is NC(=O)c1cc(NC(=O)C2CCCNC2)c(F)cc1F. The fourth-order valence-corrected chi connectivity index (χ4v) is 2.14. The molecule has 0 aromatic heterocycles. The summed E-state index contributed by atoms with van der Waals surface area (Å²) in [6, 6.07) is 1.45. The van der Waals surface area contributed by atoms with Crippen molar-refractivity contribution in [3.8, 4) is 0 Å². The van der Waals surface area contributed by atoms with Gasteiger partial charge < -0.3 is 16.4 Å². The van der Waals surface area contributed by atoms with E-state index in [9.17, 15) is 18.4 Å². The van der Waals surface area contributed by atoms with Crippen LogP contribution < -0.4 is 16.4 Å². The van der Waals surface area contributed by atoms with Crippen LogP contribution in [0.1, 0.15) is 23.2 Å². The Morgan fingerprint density at radius 2 is 2.05 bits per heavy atom. The number of primary amides is 1. The van der Waals surface area contributed by atoms with Crippen molar-refractivity contribution >= 4 is 17.5 Å². The lowest BCUT2D eigenvalue weighted by molar-refractivity contribution is -0.120. The van der Waals surface area contributed by atoms with Crippen molar-refractivity contribution in [2.24, 2.45) is 11.7 Å². The largest absolute Gasteiger partial charge is 0.366 e. The van der Waals surface area contributed by atoms with Crippen molar-refractivity contribution in [3.05, 3.63) is 29.3 Å². The molecule has 0 radical (unpaired) electrons. The van der Waals surface area contributed by atoms with Crippen LogP contribution in [0.5, 0.6) is 0 Å². The minimum atomic E-state index is -1.05. The molecule has 20 heavy (non-hydrogen) atoms. The number of benzene rings is 1. The average Bonchev–Trinajstić information content (AvgIpc) is 2.42. The van der Waals surface area contributed by atoms with Gasteiger partial charge in [0.15, 0.2) is 0 Å². The van der Waals surface area contributed by atoms with Crippen LogP contribution in [-0.2, 0) is 4.79 Å². The second kappa shape index (κ2) is 5.96. The number of anilines is 1. The second-order valence-electron chi connectivity index (χ2n) is 4.71. The summed E-state index contributed by atoms with van der Waals surface area (Å²) in [6.07, 6.45) is 1.56. The van der Waals surface area contributed by atoms with E-state index in [1.54, 1.807) is 0 Å². The van der Waals surface area contributed by atoms with Gasteiger partial charge in [-0.25, -0.2) is 8.78 Å². The van der Waals surface area contributed by atoms with E-state index in [0.717, 1.165) is 19.0 Å². The van der Waals surface area contributed by atoms with E-state index in [4.69, 9.17) is 5.73 Å². The summed E-state index contributed by atoms with van der Waals surface area (Å²) in [7, 11) is 0. The number of nitrogens with one attached hydrogen (secondary N) is 2. The van der Waals surface area contributed by atoms with Crippen LogP contribution in [0.2, 0.25) is 0 Å². The van der Waals surface area contributed by atoms with E-state index >= 15 is 0 Å². The number of amides is 2. The van der Waals surface area contributed by atoms with E-state index in [2.05, 4.69) is 10.6 Å². The molecule has 1 aliphatic rings. The molecule has 1 fully saturated rings. The third-order valence-corrected chi connectivity index (χ3v) is 3.25. The summed E-state index contributed by atoms with van der Waals surface area (Å²) in [6.45, 7) is 1.36. The molecule has 0 bridgehead atoms. The monoisotopic (exact) mass is 283 g/mol. The Balaban J connectivity index is 2.18. The lowest BCUT2D eigenvalue weighted by Gasteiger charge is -2.22. The van der Waals surface area contributed by atoms with Crippen LogP contribution in [0, 0.1) is 17.6 Å². The second-order valence-corrected chi connectivity index (χ2v) is 4.71. The number of hydrogen-bond donors (Lipinski definition) is 3. The Bertz CT molecular complexity index is 543. The molecule has 0 spiro atoms. The van der Waals surface area contributed by atoms with Gasteiger partial charge >= 0.3 is 0 Å². The number of piperidine rings is 1. The molecule has 1 aromatic rings. The van der Waals surface area contributed by atoms with E-state index in [1.807, 2.05) is 0 Å². The van der Waals surface area contributed by atoms with Gasteiger partial charge in [-0.15, -0.1) is 0 Å². The third kappa shape index (κ3) is 3.11. The third-order valence-electron chi connectivity index (χ3n) is 3.25. The van der Waals surface area contributed by atoms with Crippen molar-refractivity contribution < 1.29 is 18.4 Å². The van der Waals surface area contributed by atoms with Gasteiger partial charge in [0.2, 0.25) is 5.91 Å². The normalized spacial score (nSPS) is 18.6. The number of carbonyl (C=O) groups is 2. The van der Waals surface area contributed by atoms with Crippen LogP contribution in [0.25, 0.3) is 0 Å². The molecule has 1 atom stereocenters. The van der Waals surface area contributed by atoms with Crippen LogP contribution in [0.4, 0.5) is 14.5 Å². The van der Waals surface area contributed by atoms with Gasteiger partial charge in [0.05, 0.1) is 17.2 Å². The maximum atomic E-state index is 13.6. The van der Waals surface area contributed by atoms with Crippen LogP contribution in [0.15, 0.2) is 12.1 Å². The maximum Gasteiger partial charge on any atom is 0.251 e. The topological polar surface area (TPSA) is 84.2 Å². The quantitative estimate of drug-likeness (QED) is 0.773. The highest BCUT2D eigenvalue weighted by molar-refractivity contribution is 5.97. The standard InChI is InChI=1S/C13H15F2N3O2/c14-9-5-10(15)11(4-8(9)12(16)19)18-13(20)7-2-1-3-17-6-7/h4-5,7,17H,1-3,6H2,(H2,16,19)(H,18,20). The lowest BCUT2D eigenvalue weighted by atomic mass is 9.98. The first-order valence-electron chi connectivity index (χ1n) is 6.29. The molecule has 5 nitrogen and oxygen atoms in total. The zero-order valence-corrected chi connectivity index (χ0v) is 10.7. The molecule has 108 valence electrons. The summed E-state index contributed by atoms with van der Waals surface area (Å²) in [5, 5.41) is 5.44. The summed E-state index contributed by atoms with van der Waals surface area (Å²) in [5.74, 6) is -3.64. The molecule has 1 aromatic carbocycles. The van der Waals surface area contributed by atoms with Crippen molar-refractivity contribution in [1.29, 1.82) is 0 Å². The minimum absolute atomic E-state index is 0.240. The number of hydrogen-bond acceptors (Lipinski definition) is 3. The molecule has 2 amide bonds. The molecule has 2 rings (SSSR count). The molecule has 1 saturated heterocycles. The van der Waals surface area contributed by atoms with E-state index in [1.165, 1.54) is 0 Å². The van der Waals surface area contributed by atoms with Gasteiger partial charge in [0.1, 0.15) is 11.6 Å². The van der Waals surface area contributed by atoms with Gasteiger partial charge in [-0.2, -0.15) is 0 Å². The van der Waals surface area contributed by atoms with Gasteiger partial charge in [0, 0.05) is 12.6 Å². The maximum absolute atomic E-state index is 13.6. The number of halogens is 2. The molecule has 1 aliphatic heterocycles. The average molecular weight is 283 g/mol. The fraction of sp³-hybridized carbons (Fsp3) is 0.385. The molecule has 7 heteroatoms. The highest BCUT2D eigenvalue weighted by atomic mass is 19.1. The summed E-state index contributed by atoms with van der Waals surface area (Å²) >= 11 is 0. The minimum Gasteiger partial charge on any atom is -0.366 e. The van der Waals surface area contributed by atoms with Crippen molar-refractivity contribution in [1.82, 2.24) is 5.32 Å². The molecular weight excluding hydrogens is 268 g/mol. The van der Waals surface area contributed by atoms with E-state index < -0.39 is 23.1 Å². The van der Waals surface area contributed by atoms with Gasteiger partial charge in [0.25, 0.3) is 5.91 Å². The van der Waals surface area contributed by atoms with Crippen LogP contribution in [-0.4, -0.2) is 24.9 Å². The lowest BCUT2D eigenvalue weighted by Crippen LogP contribution is -2.37.